The quantitative estimate of drug-likeness (QED) is 0.155. The molecule has 0 amide bonds. The summed E-state index contributed by atoms with van der Waals surface area (Å²) in [7, 11) is 0. The smallest absolute Gasteiger partial charge is 0.0540 e. The van der Waals surface area contributed by atoms with E-state index >= 15 is 0 Å². The number of nitrogens with zero attached hydrogens (tertiary/aromatic N) is 1. The van der Waals surface area contributed by atoms with Crippen LogP contribution in [0.15, 0.2) is 231 Å². The van der Waals surface area contributed by atoms with Gasteiger partial charge in [-0.25, -0.2) is 0 Å². The minimum absolute atomic E-state index is 0.118. The summed E-state index contributed by atoms with van der Waals surface area (Å²) in [6.45, 7) is 7.13. The van der Waals surface area contributed by atoms with Gasteiger partial charge in [-0.05, 0) is 109 Å². The van der Waals surface area contributed by atoms with Gasteiger partial charge in [0.05, 0.1) is 17.1 Å². The standard InChI is InChI=1S/C63H47N/c1-62(2)54-33-14-10-30-52(54)61-51(32-20-35-57(61)62)50-29-13-18-38-60(50)64(59-37-17-12-28-49(59)47-31-19-22-42-21-7-8-25-45(42)47)58-36-16-11-26-46(58)43-39-40-56-53(41-43)48-27-9-15-34-55(48)63(56,3)44-23-5-4-6-24-44/h4-41H,1-3H3. The summed E-state index contributed by atoms with van der Waals surface area (Å²) in [4.78, 5) is 2.54. The van der Waals surface area contributed by atoms with Crippen molar-refractivity contribution in [3.63, 3.8) is 0 Å². The van der Waals surface area contributed by atoms with Crippen LogP contribution >= 0.6 is 0 Å². The summed E-state index contributed by atoms with van der Waals surface area (Å²) in [6, 6.07) is 85.6. The molecule has 1 unspecified atom stereocenters. The molecule has 0 spiro atoms. The van der Waals surface area contributed by atoms with Gasteiger partial charge in [-0.3, -0.25) is 0 Å². The molecule has 0 fully saturated rings. The molecule has 0 aromatic heterocycles. The lowest BCUT2D eigenvalue weighted by Gasteiger charge is -2.32. The average Bonchev–Trinajstić information content (AvgIpc) is 3.76. The van der Waals surface area contributed by atoms with Crippen molar-refractivity contribution >= 4 is 27.8 Å². The third-order valence-corrected chi connectivity index (χ3v) is 14.4. The number of hydrogen-bond donors (Lipinski definition) is 0. The van der Waals surface area contributed by atoms with Gasteiger partial charge in [0.25, 0.3) is 0 Å². The summed E-state index contributed by atoms with van der Waals surface area (Å²) in [5.74, 6) is 0. The molecular weight excluding hydrogens is 771 g/mol. The van der Waals surface area contributed by atoms with Crippen molar-refractivity contribution in [2.45, 2.75) is 31.6 Å². The van der Waals surface area contributed by atoms with E-state index < -0.39 is 0 Å². The van der Waals surface area contributed by atoms with Crippen LogP contribution in [0.4, 0.5) is 17.1 Å². The minimum atomic E-state index is -0.267. The molecule has 304 valence electrons. The van der Waals surface area contributed by atoms with Gasteiger partial charge in [-0.2, -0.15) is 0 Å². The Hall–Kier alpha value is -7.74. The van der Waals surface area contributed by atoms with Gasteiger partial charge in [0, 0.05) is 27.5 Å². The van der Waals surface area contributed by atoms with Crippen LogP contribution < -0.4 is 4.90 Å². The third kappa shape index (κ3) is 5.64. The number of rotatable bonds is 7. The maximum atomic E-state index is 2.54. The van der Waals surface area contributed by atoms with Gasteiger partial charge in [-0.15, -0.1) is 0 Å². The molecule has 1 heteroatoms. The highest BCUT2D eigenvalue weighted by Crippen LogP contribution is 2.56. The lowest BCUT2D eigenvalue weighted by atomic mass is 9.74. The lowest BCUT2D eigenvalue weighted by Crippen LogP contribution is -2.22. The summed E-state index contributed by atoms with van der Waals surface area (Å²) in [5, 5.41) is 2.46. The van der Waals surface area contributed by atoms with E-state index in [0.717, 1.165) is 17.1 Å². The number of benzene rings is 10. The fourth-order valence-electron chi connectivity index (χ4n) is 11.3. The molecule has 0 heterocycles. The van der Waals surface area contributed by atoms with Crippen molar-refractivity contribution in [3.8, 4) is 55.6 Å². The van der Waals surface area contributed by atoms with Crippen LogP contribution in [-0.2, 0) is 10.8 Å². The molecule has 2 aliphatic rings. The van der Waals surface area contributed by atoms with Crippen LogP contribution in [0.5, 0.6) is 0 Å². The molecule has 0 saturated carbocycles. The summed E-state index contributed by atoms with van der Waals surface area (Å²) in [6.07, 6.45) is 0. The fourth-order valence-corrected chi connectivity index (χ4v) is 11.3. The van der Waals surface area contributed by atoms with Crippen molar-refractivity contribution in [1.82, 2.24) is 0 Å². The van der Waals surface area contributed by atoms with Crippen molar-refractivity contribution in [2.24, 2.45) is 0 Å². The van der Waals surface area contributed by atoms with Crippen molar-refractivity contribution in [1.29, 1.82) is 0 Å². The fraction of sp³-hybridized carbons (Fsp3) is 0.0794. The monoisotopic (exact) mass is 817 g/mol. The highest BCUT2D eigenvalue weighted by atomic mass is 15.1. The first-order valence-electron chi connectivity index (χ1n) is 22.5. The zero-order valence-corrected chi connectivity index (χ0v) is 36.4. The molecule has 0 saturated heterocycles. The Morgan fingerprint density at radius 2 is 0.797 bits per heavy atom. The Bertz CT molecular complexity index is 3440. The Morgan fingerprint density at radius 1 is 0.312 bits per heavy atom. The predicted molar refractivity (Wildman–Crippen MR) is 270 cm³/mol. The second kappa shape index (κ2) is 14.7. The Balaban J connectivity index is 1.12. The molecule has 10 aromatic rings. The number of anilines is 3. The van der Waals surface area contributed by atoms with E-state index in [1.54, 1.807) is 0 Å². The van der Waals surface area contributed by atoms with Gasteiger partial charge >= 0.3 is 0 Å². The van der Waals surface area contributed by atoms with E-state index in [4.69, 9.17) is 0 Å². The number of hydrogen-bond acceptors (Lipinski definition) is 1. The first-order valence-corrected chi connectivity index (χ1v) is 22.5. The highest BCUT2D eigenvalue weighted by molar-refractivity contribution is 6.05. The van der Waals surface area contributed by atoms with Gasteiger partial charge in [0.15, 0.2) is 0 Å². The highest BCUT2D eigenvalue weighted by Gasteiger charge is 2.41. The van der Waals surface area contributed by atoms with Gasteiger partial charge < -0.3 is 4.90 Å². The topological polar surface area (TPSA) is 3.24 Å². The molecule has 0 aliphatic heterocycles. The molecule has 64 heavy (non-hydrogen) atoms. The maximum absolute atomic E-state index is 2.54. The maximum Gasteiger partial charge on any atom is 0.0540 e. The molecule has 0 N–H and O–H groups in total. The average molecular weight is 818 g/mol. The van der Waals surface area contributed by atoms with Crippen LogP contribution in [0.1, 0.15) is 48.6 Å². The second-order valence-electron chi connectivity index (χ2n) is 18.1. The minimum Gasteiger partial charge on any atom is -0.309 e. The predicted octanol–water partition coefficient (Wildman–Crippen LogP) is 17.0. The van der Waals surface area contributed by atoms with E-state index in [1.807, 2.05) is 0 Å². The first-order chi connectivity index (χ1) is 31.4. The van der Waals surface area contributed by atoms with E-state index in [0.29, 0.717) is 0 Å². The normalized spacial score (nSPS) is 15.3. The van der Waals surface area contributed by atoms with Crippen LogP contribution in [-0.4, -0.2) is 0 Å². The number of para-hydroxylation sites is 3. The van der Waals surface area contributed by atoms with E-state index in [-0.39, 0.29) is 10.8 Å². The molecule has 0 bridgehead atoms. The van der Waals surface area contributed by atoms with E-state index in [2.05, 4.69) is 256 Å². The van der Waals surface area contributed by atoms with Crippen LogP contribution in [0, 0.1) is 0 Å². The van der Waals surface area contributed by atoms with Crippen molar-refractivity contribution in [3.05, 3.63) is 258 Å². The van der Waals surface area contributed by atoms with E-state index in [9.17, 15) is 0 Å². The molecule has 1 nitrogen and oxygen atoms in total. The zero-order valence-electron chi connectivity index (χ0n) is 36.4. The second-order valence-corrected chi connectivity index (χ2v) is 18.1. The SMILES string of the molecule is CC1(C)c2ccccc2-c2c(-c3ccccc3N(c3ccccc3-c3ccc4c(c3)-c3ccccc3C4(C)c3ccccc3)c3ccccc3-c3cccc4ccccc34)cccc21. The van der Waals surface area contributed by atoms with Gasteiger partial charge in [0.2, 0.25) is 0 Å². The van der Waals surface area contributed by atoms with Crippen molar-refractivity contribution in [2.75, 3.05) is 4.90 Å². The van der Waals surface area contributed by atoms with E-state index in [1.165, 1.54) is 94.2 Å². The molecule has 12 rings (SSSR count). The molecular formula is C63H47N. The number of fused-ring (bicyclic) bond motifs is 7. The Kier molecular flexibility index (Phi) is 8.71. The molecule has 2 aliphatic carbocycles. The molecule has 0 radical (unpaired) electrons. The Labute approximate surface area is 376 Å². The first kappa shape index (κ1) is 38.0. The van der Waals surface area contributed by atoms with Gasteiger partial charge in [0.1, 0.15) is 0 Å². The zero-order chi connectivity index (χ0) is 43.0. The molecule has 10 aromatic carbocycles. The van der Waals surface area contributed by atoms with Crippen LogP contribution in [0.2, 0.25) is 0 Å². The largest absolute Gasteiger partial charge is 0.309 e. The van der Waals surface area contributed by atoms with Crippen LogP contribution in [0.25, 0.3) is 66.4 Å². The summed E-state index contributed by atoms with van der Waals surface area (Å²) >= 11 is 0. The third-order valence-electron chi connectivity index (χ3n) is 14.4. The molecule has 1 atom stereocenters. The van der Waals surface area contributed by atoms with Crippen LogP contribution in [0.3, 0.4) is 0 Å². The van der Waals surface area contributed by atoms with Crippen molar-refractivity contribution < 1.29 is 0 Å². The summed E-state index contributed by atoms with van der Waals surface area (Å²) in [5.41, 5.74) is 22.1. The van der Waals surface area contributed by atoms with Gasteiger partial charge in [-0.1, -0.05) is 220 Å². The lowest BCUT2D eigenvalue weighted by molar-refractivity contribution is 0.660. The summed E-state index contributed by atoms with van der Waals surface area (Å²) < 4.78 is 0. The Morgan fingerprint density at radius 3 is 1.55 bits per heavy atom.